The molecule has 5 heteroatoms. The lowest BCUT2D eigenvalue weighted by atomic mass is 10.1. The molecule has 0 amide bonds. The van der Waals surface area contributed by atoms with Crippen molar-refractivity contribution in [2.75, 3.05) is 5.88 Å². The fraction of sp³-hybridized carbons (Fsp3) is 0.200. The highest BCUT2D eigenvalue weighted by molar-refractivity contribution is 6.19. The van der Waals surface area contributed by atoms with E-state index in [1.54, 1.807) is 0 Å². The molecule has 0 aliphatic rings. The number of allylic oxidation sites excluding steroid dienone is 1. The lowest BCUT2D eigenvalue weighted by Crippen LogP contribution is -2.08. The minimum atomic E-state index is -4.56. The van der Waals surface area contributed by atoms with Gasteiger partial charge in [0.05, 0.1) is 5.56 Å². The van der Waals surface area contributed by atoms with E-state index in [4.69, 9.17) is 11.6 Å². The van der Waals surface area contributed by atoms with Crippen molar-refractivity contribution in [3.05, 3.63) is 41.2 Å². The summed E-state index contributed by atoms with van der Waals surface area (Å²) >= 11 is 5.28. The average Bonchev–Trinajstić information content (AvgIpc) is 2.14. The topological polar surface area (TPSA) is 0 Å². The summed E-state index contributed by atoms with van der Waals surface area (Å²) in [6.07, 6.45) is -2.27. The minimum absolute atomic E-state index is 0.0334. The first-order chi connectivity index (χ1) is 6.96. The highest BCUT2D eigenvalue weighted by Crippen LogP contribution is 2.33. The van der Waals surface area contributed by atoms with Gasteiger partial charge in [-0.15, -0.1) is 11.6 Å². The van der Waals surface area contributed by atoms with Gasteiger partial charge in [0, 0.05) is 11.4 Å². The number of rotatable bonds is 2. The van der Waals surface area contributed by atoms with Gasteiger partial charge >= 0.3 is 6.18 Å². The van der Waals surface area contributed by atoms with E-state index in [0.29, 0.717) is 0 Å². The van der Waals surface area contributed by atoms with E-state index in [9.17, 15) is 17.6 Å². The second kappa shape index (κ2) is 4.66. The Kier molecular flexibility index (Phi) is 3.74. The van der Waals surface area contributed by atoms with Gasteiger partial charge in [-0.2, -0.15) is 13.2 Å². The van der Waals surface area contributed by atoms with E-state index in [2.05, 4.69) is 0 Å². The summed E-state index contributed by atoms with van der Waals surface area (Å²) in [4.78, 5) is 0. The molecule has 0 aromatic heterocycles. The monoisotopic (exact) mass is 238 g/mol. The van der Waals surface area contributed by atoms with Crippen molar-refractivity contribution in [2.45, 2.75) is 6.18 Å². The van der Waals surface area contributed by atoms with E-state index < -0.39 is 23.1 Å². The summed E-state index contributed by atoms with van der Waals surface area (Å²) in [7, 11) is 0. The van der Waals surface area contributed by atoms with Crippen LogP contribution in [0.25, 0.3) is 6.08 Å². The lowest BCUT2D eigenvalue weighted by Gasteiger charge is -2.10. The van der Waals surface area contributed by atoms with Crippen molar-refractivity contribution in [3.8, 4) is 0 Å². The molecule has 0 unspecified atom stereocenters. The summed E-state index contributed by atoms with van der Waals surface area (Å²) < 4.78 is 50.4. The Hall–Kier alpha value is -1.03. The normalized spacial score (nSPS) is 12.3. The van der Waals surface area contributed by atoms with Crippen molar-refractivity contribution >= 4 is 17.7 Å². The van der Waals surface area contributed by atoms with Crippen molar-refractivity contribution in [3.63, 3.8) is 0 Å². The minimum Gasteiger partial charge on any atom is -0.206 e. The molecule has 0 aliphatic carbocycles. The van der Waals surface area contributed by atoms with E-state index in [1.807, 2.05) is 0 Å². The van der Waals surface area contributed by atoms with E-state index >= 15 is 0 Å². The fourth-order valence-corrected chi connectivity index (χ4v) is 1.21. The third kappa shape index (κ3) is 2.96. The Labute approximate surface area is 89.2 Å². The molecule has 82 valence electrons. The summed E-state index contributed by atoms with van der Waals surface area (Å²) in [5.74, 6) is -0.878. The van der Waals surface area contributed by atoms with Crippen LogP contribution in [0.1, 0.15) is 11.1 Å². The van der Waals surface area contributed by atoms with Gasteiger partial charge in [-0.1, -0.05) is 18.2 Å². The first-order valence-corrected chi connectivity index (χ1v) is 4.58. The van der Waals surface area contributed by atoms with Gasteiger partial charge in [0.2, 0.25) is 0 Å². The van der Waals surface area contributed by atoms with Gasteiger partial charge in [-0.05, 0) is 12.1 Å². The zero-order chi connectivity index (χ0) is 11.5. The third-order valence-corrected chi connectivity index (χ3v) is 1.91. The molecule has 0 saturated carbocycles. The quantitative estimate of drug-likeness (QED) is 0.538. The van der Waals surface area contributed by atoms with Crippen LogP contribution >= 0.6 is 11.6 Å². The second-order valence-corrected chi connectivity index (χ2v) is 3.06. The molecule has 0 atom stereocenters. The van der Waals surface area contributed by atoms with Crippen LogP contribution in [0.3, 0.4) is 0 Å². The Bertz CT molecular complexity index is 368. The number of hydrogen-bond donors (Lipinski definition) is 0. The Morgan fingerprint density at radius 3 is 2.47 bits per heavy atom. The van der Waals surface area contributed by atoms with Gasteiger partial charge in [0.15, 0.2) is 0 Å². The smallest absolute Gasteiger partial charge is 0.206 e. The Morgan fingerprint density at radius 2 is 1.93 bits per heavy atom. The van der Waals surface area contributed by atoms with Gasteiger partial charge < -0.3 is 0 Å². The van der Waals surface area contributed by atoms with Crippen molar-refractivity contribution in [1.29, 1.82) is 0 Å². The maximum Gasteiger partial charge on any atom is 0.417 e. The van der Waals surface area contributed by atoms with Gasteiger partial charge in [0.1, 0.15) is 5.82 Å². The fourth-order valence-electron chi connectivity index (χ4n) is 1.12. The maximum atomic E-state index is 13.1. The van der Waals surface area contributed by atoms with Crippen LogP contribution in [0.4, 0.5) is 17.6 Å². The van der Waals surface area contributed by atoms with Crippen LogP contribution in [0, 0.1) is 5.82 Å². The predicted molar refractivity (Wildman–Crippen MR) is 51.2 cm³/mol. The largest absolute Gasteiger partial charge is 0.417 e. The zero-order valence-corrected chi connectivity index (χ0v) is 8.24. The standard InChI is InChI=1S/C10H7ClF4/c11-6-2-3-7-8(10(13,14)15)4-1-5-9(7)12/h1-5H,6H2. The van der Waals surface area contributed by atoms with Crippen molar-refractivity contribution < 1.29 is 17.6 Å². The molecule has 0 aliphatic heterocycles. The zero-order valence-electron chi connectivity index (χ0n) is 7.48. The molecule has 0 bridgehead atoms. The van der Waals surface area contributed by atoms with Crippen LogP contribution in [-0.2, 0) is 6.18 Å². The van der Waals surface area contributed by atoms with Crippen LogP contribution in [0.15, 0.2) is 24.3 Å². The first kappa shape index (κ1) is 12.0. The molecule has 0 heterocycles. The maximum absolute atomic E-state index is 13.1. The highest BCUT2D eigenvalue weighted by Gasteiger charge is 2.33. The molecule has 1 rings (SSSR count). The number of halogens is 5. The van der Waals surface area contributed by atoms with Gasteiger partial charge in [0.25, 0.3) is 0 Å². The van der Waals surface area contributed by atoms with Crippen LogP contribution in [0.5, 0.6) is 0 Å². The number of hydrogen-bond acceptors (Lipinski definition) is 0. The van der Waals surface area contributed by atoms with Crippen molar-refractivity contribution in [2.24, 2.45) is 0 Å². The highest BCUT2D eigenvalue weighted by atomic mass is 35.5. The van der Waals surface area contributed by atoms with Crippen molar-refractivity contribution in [1.82, 2.24) is 0 Å². The summed E-state index contributed by atoms with van der Waals surface area (Å²) in [6, 6.07) is 2.83. The molecule has 15 heavy (non-hydrogen) atoms. The van der Waals surface area contributed by atoms with Gasteiger partial charge in [-0.25, -0.2) is 4.39 Å². The lowest BCUT2D eigenvalue weighted by molar-refractivity contribution is -0.137. The van der Waals surface area contributed by atoms with Crippen LogP contribution in [-0.4, -0.2) is 5.88 Å². The first-order valence-electron chi connectivity index (χ1n) is 4.05. The molecule has 0 radical (unpaired) electrons. The number of benzene rings is 1. The Balaban J connectivity index is 3.27. The van der Waals surface area contributed by atoms with E-state index in [-0.39, 0.29) is 5.88 Å². The number of alkyl halides is 4. The molecule has 0 spiro atoms. The SMILES string of the molecule is Fc1cccc(C(F)(F)F)c1C=CCCl. The van der Waals surface area contributed by atoms with Crippen LogP contribution in [0.2, 0.25) is 0 Å². The molecule has 0 N–H and O–H groups in total. The van der Waals surface area contributed by atoms with Crippen LogP contribution < -0.4 is 0 Å². The molecule has 1 aromatic rings. The molecular formula is C10H7ClF4. The Morgan fingerprint density at radius 1 is 1.27 bits per heavy atom. The molecule has 0 fully saturated rings. The summed E-state index contributed by atoms with van der Waals surface area (Å²) in [6.45, 7) is 0. The average molecular weight is 239 g/mol. The third-order valence-electron chi connectivity index (χ3n) is 1.73. The predicted octanol–water partition coefficient (Wildman–Crippen LogP) is 4.10. The van der Waals surface area contributed by atoms with E-state index in [0.717, 1.165) is 24.3 Å². The summed E-state index contributed by atoms with van der Waals surface area (Å²) in [5.41, 5.74) is -1.48. The molecule has 0 saturated heterocycles. The summed E-state index contributed by atoms with van der Waals surface area (Å²) in [5, 5.41) is 0. The van der Waals surface area contributed by atoms with Gasteiger partial charge in [-0.3, -0.25) is 0 Å². The second-order valence-electron chi connectivity index (χ2n) is 2.76. The molecular weight excluding hydrogens is 232 g/mol. The molecule has 1 aromatic carbocycles. The molecule has 0 nitrogen and oxygen atoms in total. The van der Waals surface area contributed by atoms with E-state index in [1.165, 1.54) is 6.08 Å².